The van der Waals surface area contributed by atoms with Gasteiger partial charge in [-0.1, -0.05) is 0 Å². The van der Waals surface area contributed by atoms with Crippen molar-refractivity contribution < 1.29 is 13.2 Å². The zero-order valence-electron chi connectivity index (χ0n) is 6.97. The molecule has 5 heteroatoms. The molecule has 0 bridgehead atoms. The topological polar surface area (TPSA) is 67.5 Å². The Kier molecular flexibility index (Phi) is 2.18. The van der Waals surface area contributed by atoms with E-state index in [9.17, 15) is 9.00 Å². The van der Waals surface area contributed by atoms with Crippen LogP contribution in [-0.4, -0.2) is 8.76 Å². The summed E-state index contributed by atoms with van der Waals surface area (Å²) in [6, 6.07) is 5.57. The minimum atomic E-state index is -2.07. The molecule has 0 spiro atoms. The van der Waals surface area contributed by atoms with Gasteiger partial charge in [0, 0.05) is 6.07 Å². The molecule has 2 aromatic rings. The number of hydrogen-bond donors (Lipinski definition) is 1. The zero-order valence-corrected chi connectivity index (χ0v) is 7.78. The van der Waals surface area contributed by atoms with E-state index in [-0.39, 0.29) is 10.3 Å². The summed E-state index contributed by atoms with van der Waals surface area (Å²) in [5, 5.41) is 0.312. The molecule has 0 aliphatic rings. The van der Waals surface area contributed by atoms with Gasteiger partial charge >= 0.3 is 0 Å². The molecule has 0 saturated heterocycles. The van der Waals surface area contributed by atoms with Crippen LogP contribution in [0.4, 0.5) is 0 Å². The van der Waals surface area contributed by atoms with E-state index in [1.165, 1.54) is 30.5 Å². The molecule has 0 amide bonds. The van der Waals surface area contributed by atoms with Crippen molar-refractivity contribution in [3.8, 4) is 0 Å². The van der Waals surface area contributed by atoms with Crippen molar-refractivity contribution in [3.05, 3.63) is 40.8 Å². The first-order valence-electron chi connectivity index (χ1n) is 3.81. The Hall–Kier alpha value is -1.46. The van der Waals surface area contributed by atoms with Crippen LogP contribution in [-0.2, 0) is 11.1 Å². The van der Waals surface area contributed by atoms with Gasteiger partial charge < -0.3 is 8.97 Å². The Balaban J connectivity index is 2.83. The van der Waals surface area contributed by atoms with Crippen LogP contribution in [0.3, 0.4) is 0 Å². The predicted octanol–water partition coefficient (Wildman–Crippen LogP) is 1.37. The largest absolute Gasteiger partial charge is 0.464 e. The summed E-state index contributed by atoms with van der Waals surface area (Å²) in [6.07, 6.45) is 1.29. The van der Waals surface area contributed by atoms with Gasteiger partial charge in [-0.25, -0.2) is 4.21 Å². The molecule has 1 aromatic heterocycles. The van der Waals surface area contributed by atoms with Gasteiger partial charge in [-0.15, -0.1) is 0 Å². The van der Waals surface area contributed by atoms with Gasteiger partial charge in [-0.2, -0.15) is 0 Å². The first-order valence-corrected chi connectivity index (χ1v) is 4.91. The van der Waals surface area contributed by atoms with Gasteiger partial charge in [0.15, 0.2) is 16.5 Å². The third-order valence-corrected chi connectivity index (χ3v) is 2.49. The highest BCUT2D eigenvalue weighted by atomic mass is 32.2. The highest BCUT2D eigenvalue weighted by molar-refractivity contribution is 7.79. The van der Waals surface area contributed by atoms with Crippen molar-refractivity contribution in [1.29, 1.82) is 0 Å². The number of rotatable bonds is 1. The fourth-order valence-electron chi connectivity index (χ4n) is 1.17. The Morgan fingerprint density at radius 2 is 2.07 bits per heavy atom. The van der Waals surface area contributed by atoms with Gasteiger partial charge in [-0.05, 0) is 18.2 Å². The van der Waals surface area contributed by atoms with E-state index in [2.05, 4.69) is 0 Å². The average Bonchev–Trinajstić information content (AvgIpc) is 2.18. The van der Waals surface area contributed by atoms with Crippen LogP contribution in [0.25, 0.3) is 11.0 Å². The summed E-state index contributed by atoms with van der Waals surface area (Å²) < 4.78 is 24.6. The molecule has 1 heterocycles. The lowest BCUT2D eigenvalue weighted by Gasteiger charge is -1.97. The summed E-state index contributed by atoms with van der Waals surface area (Å²) in [5.41, 5.74) is 0.185. The monoisotopic (exact) mass is 210 g/mol. The Morgan fingerprint density at radius 1 is 1.29 bits per heavy atom. The van der Waals surface area contributed by atoms with E-state index in [1.54, 1.807) is 0 Å². The third kappa shape index (κ3) is 1.47. The summed E-state index contributed by atoms with van der Waals surface area (Å²) in [6.45, 7) is 0. The van der Waals surface area contributed by atoms with Crippen LogP contribution < -0.4 is 5.43 Å². The first kappa shape index (κ1) is 9.11. The van der Waals surface area contributed by atoms with Gasteiger partial charge in [0.05, 0.1) is 16.5 Å². The summed E-state index contributed by atoms with van der Waals surface area (Å²) in [5.74, 6) is 0. The van der Waals surface area contributed by atoms with Crippen LogP contribution in [0.1, 0.15) is 0 Å². The molecule has 1 atom stereocenters. The summed E-state index contributed by atoms with van der Waals surface area (Å²) in [7, 11) is 0. The van der Waals surface area contributed by atoms with Gasteiger partial charge in [0.25, 0.3) is 0 Å². The number of hydrogen-bond acceptors (Lipinski definition) is 3. The van der Waals surface area contributed by atoms with Crippen molar-refractivity contribution >= 4 is 22.0 Å². The second-order valence-corrected chi connectivity index (χ2v) is 3.66. The molecule has 0 saturated carbocycles. The maximum atomic E-state index is 11.3. The highest BCUT2D eigenvalue weighted by Gasteiger charge is 2.04. The molecule has 0 radical (unpaired) electrons. The second kappa shape index (κ2) is 3.36. The van der Waals surface area contributed by atoms with E-state index >= 15 is 0 Å². The molecule has 0 aliphatic carbocycles. The molecule has 1 N–H and O–H groups in total. The van der Waals surface area contributed by atoms with E-state index in [0.717, 1.165) is 0 Å². The lowest BCUT2D eigenvalue weighted by Crippen LogP contribution is -1.99. The Bertz CT molecular complexity index is 558. The lowest BCUT2D eigenvalue weighted by molar-refractivity contribution is 0.564. The van der Waals surface area contributed by atoms with Gasteiger partial charge in [-0.3, -0.25) is 4.79 Å². The molecular weight excluding hydrogens is 204 g/mol. The van der Waals surface area contributed by atoms with E-state index in [0.29, 0.717) is 11.0 Å². The summed E-state index contributed by atoms with van der Waals surface area (Å²) in [4.78, 5) is 11.5. The lowest BCUT2D eigenvalue weighted by atomic mass is 10.2. The fraction of sp³-hybridized carbons (Fsp3) is 0. The fourth-order valence-corrected chi connectivity index (χ4v) is 1.58. The van der Waals surface area contributed by atoms with Gasteiger partial charge in [0.1, 0.15) is 5.58 Å². The summed E-state index contributed by atoms with van der Waals surface area (Å²) >= 11 is -2.07. The number of fused-ring (bicyclic) bond motifs is 1. The maximum Gasteiger partial charge on any atom is 0.192 e. The predicted molar refractivity (Wildman–Crippen MR) is 51.5 cm³/mol. The molecule has 14 heavy (non-hydrogen) atoms. The molecule has 1 aromatic carbocycles. The number of benzene rings is 1. The first-order chi connectivity index (χ1) is 6.68. The van der Waals surface area contributed by atoms with Crippen LogP contribution in [0.15, 0.2) is 44.6 Å². The molecule has 2 rings (SSSR count). The van der Waals surface area contributed by atoms with Crippen molar-refractivity contribution in [2.75, 3.05) is 0 Å². The molecule has 0 aliphatic heterocycles. The Labute approximate surface area is 81.5 Å². The molecule has 1 unspecified atom stereocenters. The van der Waals surface area contributed by atoms with E-state index in [1.807, 2.05) is 0 Å². The molecule has 72 valence electrons. The quantitative estimate of drug-likeness (QED) is 0.722. The minimum Gasteiger partial charge on any atom is -0.464 e. The highest BCUT2D eigenvalue weighted by Crippen LogP contribution is 2.13. The van der Waals surface area contributed by atoms with Crippen LogP contribution in [0.5, 0.6) is 0 Å². The van der Waals surface area contributed by atoms with Crippen molar-refractivity contribution in [3.63, 3.8) is 0 Å². The maximum absolute atomic E-state index is 11.3. The van der Waals surface area contributed by atoms with Crippen molar-refractivity contribution in [2.45, 2.75) is 4.90 Å². The standard InChI is InChI=1S/C9H6O4S/c10-8-3-4-13-9-2-1-6(14(11)12)5-7(8)9/h1-5H,(H,11,12). The molecule has 0 fully saturated rings. The smallest absolute Gasteiger partial charge is 0.192 e. The van der Waals surface area contributed by atoms with Gasteiger partial charge in [0.2, 0.25) is 0 Å². The zero-order chi connectivity index (χ0) is 10.1. The van der Waals surface area contributed by atoms with E-state index < -0.39 is 11.1 Å². The Morgan fingerprint density at radius 3 is 2.79 bits per heavy atom. The third-order valence-electron chi connectivity index (χ3n) is 1.83. The minimum absolute atomic E-state index is 0.191. The van der Waals surface area contributed by atoms with Crippen LogP contribution in [0.2, 0.25) is 0 Å². The van der Waals surface area contributed by atoms with Crippen molar-refractivity contribution in [1.82, 2.24) is 0 Å². The van der Waals surface area contributed by atoms with E-state index in [4.69, 9.17) is 8.97 Å². The average molecular weight is 210 g/mol. The second-order valence-electron chi connectivity index (χ2n) is 2.69. The normalized spacial score (nSPS) is 12.9. The molecule has 4 nitrogen and oxygen atoms in total. The van der Waals surface area contributed by atoms with Crippen LogP contribution >= 0.6 is 0 Å². The molecular formula is C9H6O4S. The SMILES string of the molecule is O=c1ccoc2ccc(S(=O)O)cc12. The van der Waals surface area contributed by atoms with Crippen LogP contribution in [0, 0.1) is 0 Å². The van der Waals surface area contributed by atoms with Crippen molar-refractivity contribution in [2.24, 2.45) is 0 Å².